The van der Waals surface area contributed by atoms with Crippen molar-refractivity contribution in [2.75, 3.05) is 24.6 Å². The van der Waals surface area contributed by atoms with Gasteiger partial charge in [-0.2, -0.15) is 11.8 Å². The molecule has 0 saturated carbocycles. The van der Waals surface area contributed by atoms with Crippen molar-refractivity contribution in [3.63, 3.8) is 0 Å². The van der Waals surface area contributed by atoms with Gasteiger partial charge >= 0.3 is 0 Å². The Morgan fingerprint density at radius 2 is 2.00 bits per heavy atom. The van der Waals surface area contributed by atoms with Crippen LogP contribution in [0.5, 0.6) is 0 Å². The van der Waals surface area contributed by atoms with Crippen LogP contribution in [-0.4, -0.2) is 35.4 Å². The predicted molar refractivity (Wildman–Crippen MR) is 72.2 cm³/mol. The monoisotopic (exact) mass is 250 g/mol. The fraction of sp³-hybridized carbons (Fsp3) is 0.462. The first-order chi connectivity index (χ1) is 8.31. The Labute approximate surface area is 106 Å². The summed E-state index contributed by atoms with van der Waals surface area (Å²) < 4.78 is 0. The first-order valence-electron chi connectivity index (χ1n) is 5.97. The largest absolute Gasteiger partial charge is 0.338 e. The van der Waals surface area contributed by atoms with E-state index in [0.717, 1.165) is 42.1 Å². The Morgan fingerprint density at radius 3 is 2.71 bits per heavy atom. The quantitative estimate of drug-likeness (QED) is 0.869. The van der Waals surface area contributed by atoms with E-state index in [2.05, 4.69) is 0 Å². The molecule has 1 saturated heterocycles. The SMILES string of the molecule is NCc1ccc(C(=O)N2CCCSCC2)cc1. The standard InChI is InChI=1S/C13H18N2OS/c14-10-11-2-4-12(5-3-11)13(16)15-6-1-8-17-9-7-15/h2-5H,1,6-10,14H2. The van der Waals surface area contributed by atoms with Crippen LogP contribution in [0.4, 0.5) is 0 Å². The second kappa shape index (κ2) is 6.07. The number of thioether (sulfide) groups is 1. The number of nitrogens with two attached hydrogens (primary N) is 1. The summed E-state index contributed by atoms with van der Waals surface area (Å²) in [7, 11) is 0. The van der Waals surface area contributed by atoms with Gasteiger partial charge in [0.05, 0.1) is 0 Å². The van der Waals surface area contributed by atoms with Crippen LogP contribution >= 0.6 is 11.8 Å². The Balaban J connectivity index is 2.06. The minimum atomic E-state index is 0.149. The molecular weight excluding hydrogens is 232 g/mol. The topological polar surface area (TPSA) is 46.3 Å². The molecule has 0 bridgehead atoms. The Bertz CT molecular complexity index is 370. The molecule has 0 aromatic heterocycles. The van der Waals surface area contributed by atoms with Crippen LogP contribution in [-0.2, 0) is 6.54 Å². The van der Waals surface area contributed by atoms with Crippen LogP contribution in [0, 0.1) is 0 Å². The van der Waals surface area contributed by atoms with Gasteiger partial charge in [0, 0.05) is 31.0 Å². The highest BCUT2D eigenvalue weighted by atomic mass is 32.2. The van der Waals surface area contributed by atoms with Crippen molar-refractivity contribution in [3.8, 4) is 0 Å². The number of amides is 1. The van der Waals surface area contributed by atoms with E-state index in [0.29, 0.717) is 6.54 Å². The number of carbonyl (C=O) groups is 1. The van der Waals surface area contributed by atoms with Gasteiger partial charge in [-0.3, -0.25) is 4.79 Å². The molecule has 1 aliphatic rings. The summed E-state index contributed by atoms with van der Waals surface area (Å²) in [5.74, 6) is 2.36. The smallest absolute Gasteiger partial charge is 0.253 e. The highest BCUT2D eigenvalue weighted by Crippen LogP contribution is 2.13. The summed E-state index contributed by atoms with van der Waals surface area (Å²) in [6, 6.07) is 7.62. The fourth-order valence-corrected chi connectivity index (χ4v) is 2.80. The van der Waals surface area contributed by atoms with Gasteiger partial charge in [-0.05, 0) is 29.9 Å². The molecule has 0 atom stereocenters. The molecule has 0 radical (unpaired) electrons. The van der Waals surface area contributed by atoms with Crippen molar-refractivity contribution in [2.45, 2.75) is 13.0 Å². The molecule has 1 aromatic rings. The Kier molecular flexibility index (Phi) is 4.45. The zero-order valence-corrected chi connectivity index (χ0v) is 10.7. The van der Waals surface area contributed by atoms with Crippen molar-refractivity contribution >= 4 is 17.7 Å². The lowest BCUT2D eigenvalue weighted by Gasteiger charge is -2.20. The van der Waals surface area contributed by atoms with Gasteiger partial charge in [-0.25, -0.2) is 0 Å². The molecule has 1 aromatic carbocycles. The molecule has 1 amide bonds. The molecule has 17 heavy (non-hydrogen) atoms. The normalized spacial score (nSPS) is 16.6. The van der Waals surface area contributed by atoms with Gasteiger partial charge in [0.1, 0.15) is 0 Å². The van der Waals surface area contributed by atoms with E-state index < -0.39 is 0 Å². The second-order valence-electron chi connectivity index (χ2n) is 4.16. The minimum Gasteiger partial charge on any atom is -0.338 e. The predicted octanol–water partition coefficient (Wildman–Crippen LogP) is 1.72. The minimum absolute atomic E-state index is 0.149. The average Bonchev–Trinajstić information content (AvgIpc) is 2.67. The maximum absolute atomic E-state index is 12.2. The summed E-state index contributed by atoms with van der Waals surface area (Å²) >= 11 is 1.93. The molecule has 0 spiro atoms. The van der Waals surface area contributed by atoms with Crippen molar-refractivity contribution in [1.29, 1.82) is 0 Å². The first kappa shape index (κ1) is 12.5. The van der Waals surface area contributed by atoms with Gasteiger partial charge < -0.3 is 10.6 Å². The van der Waals surface area contributed by atoms with Crippen LogP contribution in [0.25, 0.3) is 0 Å². The Morgan fingerprint density at radius 1 is 1.24 bits per heavy atom. The van der Waals surface area contributed by atoms with Gasteiger partial charge in [0.15, 0.2) is 0 Å². The van der Waals surface area contributed by atoms with Crippen LogP contribution < -0.4 is 5.73 Å². The fourth-order valence-electron chi connectivity index (χ4n) is 1.92. The van der Waals surface area contributed by atoms with E-state index in [1.54, 1.807) is 0 Å². The third kappa shape index (κ3) is 3.23. The second-order valence-corrected chi connectivity index (χ2v) is 5.38. The molecule has 2 N–H and O–H groups in total. The molecule has 0 unspecified atom stereocenters. The van der Waals surface area contributed by atoms with Crippen molar-refractivity contribution in [1.82, 2.24) is 4.90 Å². The molecule has 4 heteroatoms. The highest BCUT2D eigenvalue weighted by Gasteiger charge is 2.16. The van der Waals surface area contributed by atoms with E-state index in [9.17, 15) is 4.79 Å². The van der Waals surface area contributed by atoms with Crippen LogP contribution in [0.3, 0.4) is 0 Å². The molecule has 1 aliphatic heterocycles. The van der Waals surface area contributed by atoms with E-state index in [4.69, 9.17) is 5.73 Å². The van der Waals surface area contributed by atoms with Crippen molar-refractivity contribution in [3.05, 3.63) is 35.4 Å². The zero-order valence-electron chi connectivity index (χ0n) is 9.89. The van der Waals surface area contributed by atoms with Crippen molar-refractivity contribution in [2.24, 2.45) is 5.73 Å². The van der Waals surface area contributed by atoms with E-state index in [-0.39, 0.29) is 5.91 Å². The van der Waals surface area contributed by atoms with Crippen LogP contribution in [0.2, 0.25) is 0 Å². The molecule has 92 valence electrons. The van der Waals surface area contributed by atoms with Gasteiger partial charge in [-0.15, -0.1) is 0 Å². The van der Waals surface area contributed by atoms with Crippen LogP contribution in [0.15, 0.2) is 24.3 Å². The third-order valence-corrected chi connectivity index (χ3v) is 3.99. The lowest BCUT2D eigenvalue weighted by Crippen LogP contribution is -2.32. The molecule has 2 rings (SSSR count). The summed E-state index contributed by atoms with van der Waals surface area (Å²) in [6.07, 6.45) is 1.09. The van der Waals surface area contributed by atoms with Crippen molar-refractivity contribution < 1.29 is 4.79 Å². The maximum Gasteiger partial charge on any atom is 0.253 e. The number of hydrogen-bond acceptors (Lipinski definition) is 3. The number of rotatable bonds is 2. The summed E-state index contributed by atoms with van der Waals surface area (Å²) in [5.41, 5.74) is 7.38. The lowest BCUT2D eigenvalue weighted by atomic mass is 10.1. The van der Waals surface area contributed by atoms with E-state index in [1.807, 2.05) is 40.9 Å². The van der Waals surface area contributed by atoms with E-state index in [1.165, 1.54) is 0 Å². The number of hydrogen-bond donors (Lipinski definition) is 1. The third-order valence-electron chi connectivity index (χ3n) is 2.95. The zero-order chi connectivity index (χ0) is 12.1. The lowest BCUT2D eigenvalue weighted by molar-refractivity contribution is 0.0768. The average molecular weight is 250 g/mol. The Hall–Kier alpha value is -1.00. The summed E-state index contributed by atoms with van der Waals surface area (Å²) in [5, 5.41) is 0. The molecular formula is C13H18N2OS. The van der Waals surface area contributed by atoms with Gasteiger partial charge in [0.2, 0.25) is 0 Å². The first-order valence-corrected chi connectivity index (χ1v) is 7.13. The number of nitrogens with zero attached hydrogens (tertiary/aromatic N) is 1. The maximum atomic E-state index is 12.2. The number of carbonyl (C=O) groups excluding carboxylic acids is 1. The van der Waals surface area contributed by atoms with Gasteiger partial charge in [-0.1, -0.05) is 12.1 Å². The van der Waals surface area contributed by atoms with Gasteiger partial charge in [0.25, 0.3) is 5.91 Å². The molecule has 1 fully saturated rings. The molecule has 0 aliphatic carbocycles. The summed E-state index contributed by atoms with van der Waals surface area (Å²) in [4.78, 5) is 14.2. The van der Waals surface area contributed by atoms with E-state index >= 15 is 0 Å². The number of benzene rings is 1. The summed E-state index contributed by atoms with van der Waals surface area (Å²) in [6.45, 7) is 2.27. The highest BCUT2D eigenvalue weighted by molar-refractivity contribution is 7.99. The van der Waals surface area contributed by atoms with Crippen LogP contribution in [0.1, 0.15) is 22.3 Å². The molecule has 1 heterocycles. The molecule has 3 nitrogen and oxygen atoms in total.